The average molecular weight is 266 g/mol. The van der Waals surface area contributed by atoms with E-state index in [1.165, 1.54) is 0 Å². The third-order valence-corrected chi connectivity index (χ3v) is 4.69. The van der Waals surface area contributed by atoms with Gasteiger partial charge in [0.25, 0.3) is 0 Å². The normalized spacial score (nSPS) is 12.1. The van der Waals surface area contributed by atoms with Crippen molar-refractivity contribution >= 4 is 20.7 Å². The summed E-state index contributed by atoms with van der Waals surface area (Å²) in [6, 6.07) is 5.62. The number of fused-ring (bicyclic) bond motifs is 1. The van der Waals surface area contributed by atoms with Crippen LogP contribution in [-0.2, 0) is 15.6 Å². The third kappa shape index (κ3) is 2.90. The zero-order valence-electron chi connectivity index (χ0n) is 10.7. The summed E-state index contributed by atoms with van der Waals surface area (Å²) < 4.78 is 23.8. The molecule has 2 aromatic rings. The molecular weight excluding hydrogens is 248 g/mol. The van der Waals surface area contributed by atoms with Crippen LogP contribution in [0.1, 0.15) is 31.0 Å². The zero-order chi connectivity index (χ0) is 13.2. The predicted molar refractivity (Wildman–Crippen MR) is 73.2 cm³/mol. The van der Waals surface area contributed by atoms with Gasteiger partial charge in [-0.1, -0.05) is 19.4 Å². The Balaban J connectivity index is 2.24. The van der Waals surface area contributed by atoms with Gasteiger partial charge in [0.2, 0.25) is 0 Å². The van der Waals surface area contributed by atoms with Gasteiger partial charge in [-0.25, -0.2) is 8.42 Å². The summed E-state index contributed by atoms with van der Waals surface area (Å²) >= 11 is 0. The second-order valence-corrected chi connectivity index (χ2v) is 6.83. The lowest BCUT2D eigenvalue weighted by molar-refractivity contribution is 0.592. The number of aryl methyl sites for hydroxylation is 1. The minimum Gasteiger partial charge on any atom is -0.282 e. The van der Waals surface area contributed by atoms with Crippen LogP contribution in [0.3, 0.4) is 0 Å². The van der Waals surface area contributed by atoms with Crippen molar-refractivity contribution in [3.63, 3.8) is 0 Å². The Kier molecular flexibility index (Phi) is 3.71. The van der Waals surface area contributed by atoms with E-state index >= 15 is 0 Å². The van der Waals surface area contributed by atoms with Crippen molar-refractivity contribution < 1.29 is 8.42 Å². The highest BCUT2D eigenvalue weighted by atomic mass is 32.2. The summed E-state index contributed by atoms with van der Waals surface area (Å²) in [6.45, 7) is 3.93. The Morgan fingerprint density at radius 2 is 2.11 bits per heavy atom. The smallest absolute Gasteiger partial charge is 0.154 e. The largest absolute Gasteiger partial charge is 0.282 e. The maximum Gasteiger partial charge on any atom is 0.154 e. The van der Waals surface area contributed by atoms with E-state index in [-0.39, 0.29) is 11.5 Å². The van der Waals surface area contributed by atoms with E-state index in [1.807, 2.05) is 32.0 Å². The molecule has 4 nitrogen and oxygen atoms in total. The number of hydrogen-bond donors (Lipinski definition) is 1. The van der Waals surface area contributed by atoms with Crippen molar-refractivity contribution in [2.24, 2.45) is 0 Å². The number of nitrogens with zero attached hydrogens (tertiary/aromatic N) is 1. The maximum absolute atomic E-state index is 11.9. The molecule has 0 radical (unpaired) electrons. The SMILES string of the molecule is CCCCS(=O)(=O)Cc1ccc2n[nH]c(C)c2c1. The summed E-state index contributed by atoms with van der Waals surface area (Å²) in [7, 11) is -2.99. The Hall–Kier alpha value is -1.36. The van der Waals surface area contributed by atoms with Crippen LogP contribution in [0.2, 0.25) is 0 Å². The molecule has 0 aliphatic rings. The number of rotatable bonds is 5. The molecule has 1 aromatic heterocycles. The molecule has 0 aliphatic carbocycles. The molecule has 1 aromatic carbocycles. The van der Waals surface area contributed by atoms with E-state index in [9.17, 15) is 8.42 Å². The van der Waals surface area contributed by atoms with Crippen LogP contribution in [-0.4, -0.2) is 24.4 Å². The van der Waals surface area contributed by atoms with Crippen LogP contribution in [0.5, 0.6) is 0 Å². The fraction of sp³-hybridized carbons (Fsp3) is 0.462. The lowest BCUT2D eigenvalue weighted by Crippen LogP contribution is -2.09. The van der Waals surface area contributed by atoms with Crippen LogP contribution in [0, 0.1) is 6.92 Å². The molecule has 1 heterocycles. The molecule has 98 valence electrons. The number of benzene rings is 1. The van der Waals surface area contributed by atoms with Crippen LogP contribution in [0.25, 0.3) is 10.9 Å². The van der Waals surface area contributed by atoms with Crippen molar-refractivity contribution in [2.75, 3.05) is 5.75 Å². The second-order valence-electron chi connectivity index (χ2n) is 4.65. The van der Waals surface area contributed by atoms with Crippen molar-refractivity contribution in [3.8, 4) is 0 Å². The number of aromatic nitrogens is 2. The standard InChI is InChI=1S/C13H18N2O2S/c1-3-4-7-18(16,17)9-11-5-6-13-12(8-11)10(2)14-15-13/h5-6,8H,3-4,7,9H2,1-2H3,(H,14,15). The van der Waals surface area contributed by atoms with Crippen molar-refractivity contribution in [2.45, 2.75) is 32.4 Å². The molecule has 0 saturated heterocycles. The molecule has 18 heavy (non-hydrogen) atoms. The van der Waals surface area contributed by atoms with E-state index in [4.69, 9.17) is 0 Å². The lowest BCUT2D eigenvalue weighted by Gasteiger charge is -2.04. The van der Waals surface area contributed by atoms with Crippen LogP contribution >= 0.6 is 0 Å². The molecule has 2 rings (SSSR count). The summed E-state index contributed by atoms with van der Waals surface area (Å²) in [5.74, 6) is 0.388. The van der Waals surface area contributed by atoms with Crippen molar-refractivity contribution in [1.82, 2.24) is 10.2 Å². The monoisotopic (exact) mass is 266 g/mol. The molecule has 0 aliphatic heterocycles. The molecule has 0 fully saturated rings. The van der Waals surface area contributed by atoms with Crippen molar-refractivity contribution in [3.05, 3.63) is 29.5 Å². The van der Waals surface area contributed by atoms with E-state index in [2.05, 4.69) is 10.2 Å². The summed E-state index contributed by atoms with van der Waals surface area (Å²) in [5.41, 5.74) is 2.68. The zero-order valence-corrected chi connectivity index (χ0v) is 11.5. The Bertz CT molecular complexity index is 644. The Labute approximate surface area is 107 Å². The number of aromatic amines is 1. The van der Waals surface area contributed by atoms with Gasteiger partial charge in [0.05, 0.1) is 17.0 Å². The number of nitrogens with one attached hydrogen (secondary N) is 1. The Morgan fingerprint density at radius 3 is 2.83 bits per heavy atom. The lowest BCUT2D eigenvalue weighted by atomic mass is 10.1. The first-order chi connectivity index (χ1) is 8.52. The molecule has 0 saturated carbocycles. The fourth-order valence-corrected chi connectivity index (χ4v) is 3.53. The van der Waals surface area contributed by atoms with Gasteiger partial charge >= 0.3 is 0 Å². The van der Waals surface area contributed by atoms with Gasteiger partial charge in [0, 0.05) is 11.1 Å². The highest BCUT2D eigenvalue weighted by Crippen LogP contribution is 2.18. The van der Waals surface area contributed by atoms with Gasteiger partial charge in [-0.15, -0.1) is 0 Å². The predicted octanol–water partition coefficient (Wildman–Crippen LogP) is 2.59. The van der Waals surface area contributed by atoms with Crippen LogP contribution < -0.4 is 0 Å². The van der Waals surface area contributed by atoms with E-state index in [0.717, 1.165) is 35.0 Å². The van der Waals surface area contributed by atoms with Gasteiger partial charge in [-0.3, -0.25) is 5.10 Å². The van der Waals surface area contributed by atoms with Gasteiger partial charge in [-0.2, -0.15) is 5.10 Å². The van der Waals surface area contributed by atoms with Crippen molar-refractivity contribution in [1.29, 1.82) is 0 Å². The number of sulfone groups is 1. The molecule has 0 amide bonds. The topological polar surface area (TPSA) is 62.8 Å². The molecule has 1 N–H and O–H groups in total. The second kappa shape index (κ2) is 5.10. The van der Waals surface area contributed by atoms with Crippen LogP contribution in [0.4, 0.5) is 0 Å². The number of H-pyrrole nitrogens is 1. The third-order valence-electron chi connectivity index (χ3n) is 3.00. The quantitative estimate of drug-likeness (QED) is 0.904. The minimum absolute atomic E-state index is 0.119. The molecule has 0 bridgehead atoms. The molecule has 0 atom stereocenters. The molecule has 0 unspecified atom stereocenters. The van der Waals surface area contributed by atoms with E-state index in [0.29, 0.717) is 0 Å². The first-order valence-electron chi connectivity index (χ1n) is 6.16. The summed E-state index contributed by atoms with van der Waals surface area (Å²) in [6.07, 6.45) is 1.63. The van der Waals surface area contributed by atoms with Gasteiger partial charge in [0.1, 0.15) is 0 Å². The summed E-state index contributed by atoms with van der Waals surface area (Å²) in [5, 5.41) is 8.03. The van der Waals surface area contributed by atoms with Gasteiger partial charge in [-0.05, 0) is 31.0 Å². The molecule has 5 heteroatoms. The molecular formula is C13H18N2O2S. The maximum atomic E-state index is 11.9. The van der Waals surface area contributed by atoms with Crippen LogP contribution in [0.15, 0.2) is 18.2 Å². The fourth-order valence-electron chi connectivity index (χ4n) is 1.97. The average Bonchev–Trinajstić information content (AvgIpc) is 2.68. The first-order valence-corrected chi connectivity index (χ1v) is 7.98. The number of unbranched alkanes of at least 4 members (excludes halogenated alkanes) is 1. The Morgan fingerprint density at radius 1 is 1.33 bits per heavy atom. The van der Waals surface area contributed by atoms with E-state index in [1.54, 1.807) is 0 Å². The van der Waals surface area contributed by atoms with Gasteiger partial charge in [0.15, 0.2) is 9.84 Å². The van der Waals surface area contributed by atoms with E-state index < -0.39 is 9.84 Å². The highest BCUT2D eigenvalue weighted by molar-refractivity contribution is 7.90. The number of hydrogen-bond acceptors (Lipinski definition) is 3. The van der Waals surface area contributed by atoms with Gasteiger partial charge < -0.3 is 0 Å². The first kappa shape index (κ1) is 13.1. The molecule has 0 spiro atoms. The highest BCUT2D eigenvalue weighted by Gasteiger charge is 2.12. The minimum atomic E-state index is -2.99. The summed E-state index contributed by atoms with van der Waals surface area (Å²) in [4.78, 5) is 0.